The molecule has 1 aliphatic carbocycles. The van der Waals surface area contributed by atoms with Crippen LogP contribution < -0.4 is 17.2 Å². The molecule has 10 heteroatoms. The summed E-state index contributed by atoms with van der Waals surface area (Å²) in [5.41, 5.74) is 12.7. The maximum atomic E-state index is 14.0. The van der Waals surface area contributed by atoms with Crippen molar-refractivity contribution in [2.75, 3.05) is 13.1 Å². The molecule has 0 aliphatic heterocycles. The lowest BCUT2D eigenvalue weighted by Crippen LogP contribution is -2.38. The number of nitrogens with zero attached hydrogens (tertiary/aromatic N) is 2. The van der Waals surface area contributed by atoms with Gasteiger partial charge in [0.15, 0.2) is 0 Å². The molecule has 0 bridgehead atoms. The molecule has 0 fully saturated rings. The SMILES string of the molecule is CCN(CC1CCCC(/C=C(\N)c2c(F)cccc2F)=C1N)C(=O)c1n[nH]c(=O)[nH]1. The van der Waals surface area contributed by atoms with Crippen LogP contribution >= 0.6 is 0 Å². The zero-order chi connectivity index (χ0) is 21.8. The zero-order valence-electron chi connectivity index (χ0n) is 16.5. The molecule has 0 radical (unpaired) electrons. The minimum absolute atomic E-state index is 0.0401. The van der Waals surface area contributed by atoms with Gasteiger partial charge in [-0.25, -0.2) is 18.7 Å². The third kappa shape index (κ3) is 4.42. The highest BCUT2D eigenvalue weighted by atomic mass is 19.1. The fraction of sp³-hybridized carbons (Fsp3) is 0.350. The minimum Gasteiger partial charge on any atom is -0.402 e. The minimum atomic E-state index is -0.744. The van der Waals surface area contributed by atoms with Crippen LogP contribution in [0.5, 0.6) is 0 Å². The summed E-state index contributed by atoms with van der Waals surface area (Å²) in [6.07, 6.45) is 3.66. The van der Waals surface area contributed by atoms with Crippen molar-refractivity contribution in [3.05, 3.63) is 69.1 Å². The second-order valence-electron chi connectivity index (χ2n) is 7.14. The van der Waals surface area contributed by atoms with Gasteiger partial charge in [0.2, 0.25) is 5.82 Å². The van der Waals surface area contributed by atoms with E-state index in [9.17, 15) is 18.4 Å². The number of H-pyrrole nitrogens is 2. The summed E-state index contributed by atoms with van der Waals surface area (Å²) in [5.74, 6) is -2.13. The van der Waals surface area contributed by atoms with Crippen molar-refractivity contribution in [2.45, 2.75) is 26.2 Å². The largest absolute Gasteiger partial charge is 0.402 e. The summed E-state index contributed by atoms with van der Waals surface area (Å²) in [6.45, 7) is 2.53. The first kappa shape index (κ1) is 21.3. The highest BCUT2D eigenvalue weighted by molar-refractivity contribution is 5.90. The van der Waals surface area contributed by atoms with Gasteiger partial charge in [-0.1, -0.05) is 6.07 Å². The third-order valence-corrected chi connectivity index (χ3v) is 5.20. The molecule has 1 aromatic heterocycles. The van der Waals surface area contributed by atoms with Gasteiger partial charge in [0.1, 0.15) is 11.6 Å². The number of hydrogen-bond acceptors (Lipinski definition) is 5. The van der Waals surface area contributed by atoms with Gasteiger partial charge in [-0.3, -0.25) is 9.78 Å². The van der Waals surface area contributed by atoms with Crippen LogP contribution in [0.25, 0.3) is 5.70 Å². The molecular weight excluding hydrogens is 394 g/mol. The van der Waals surface area contributed by atoms with Gasteiger partial charge in [0.05, 0.1) is 5.56 Å². The van der Waals surface area contributed by atoms with Gasteiger partial charge in [-0.15, -0.1) is 5.10 Å². The number of aromatic amines is 2. The van der Waals surface area contributed by atoms with Crippen LogP contribution in [0.3, 0.4) is 0 Å². The Hall–Kier alpha value is -3.43. The van der Waals surface area contributed by atoms with Crippen LogP contribution in [0.2, 0.25) is 0 Å². The molecule has 1 aliphatic rings. The number of carbonyl (C=O) groups excluding carboxylic acids is 1. The van der Waals surface area contributed by atoms with Crippen molar-refractivity contribution in [3.63, 3.8) is 0 Å². The van der Waals surface area contributed by atoms with E-state index in [0.29, 0.717) is 30.8 Å². The predicted octanol–water partition coefficient (Wildman–Crippen LogP) is 1.85. The molecule has 0 saturated carbocycles. The second kappa shape index (κ2) is 8.93. The van der Waals surface area contributed by atoms with Gasteiger partial charge in [-0.2, -0.15) is 0 Å². The van der Waals surface area contributed by atoms with Crippen LogP contribution in [0.15, 0.2) is 40.3 Å². The van der Waals surface area contributed by atoms with E-state index in [1.807, 2.05) is 6.92 Å². The smallest absolute Gasteiger partial charge is 0.341 e. The zero-order valence-corrected chi connectivity index (χ0v) is 16.5. The molecule has 30 heavy (non-hydrogen) atoms. The summed E-state index contributed by atoms with van der Waals surface area (Å²) in [5, 5.41) is 5.85. The molecular formula is C20H24F2N6O2. The van der Waals surface area contributed by atoms with Gasteiger partial charge in [0, 0.05) is 30.4 Å². The lowest BCUT2D eigenvalue weighted by Gasteiger charge is -2.30. The predicted molar refractivity (Wildman–Crippen MR) is 108 cm³/mol. The lowest BCUT2D eigenvalue weighted by atomic mass is 9.86. The molecule has 1 unspecified atom stereocenters. The van der Waals surface area contributed by atoms with E-state index in [-0.39, 0.29) is 23.0 Å². The van der Waals surface area contributed by atoms with E-state index in [1.165, 1.54) is 17.0 Å². The normalized spacial score (nSPS) is 17.3. The average Bonchev–Trinajstić information content (AvgIpc) is 3.14. The number of allylic oxidation sites excluding steroid dienone is 2. The first-order chi connectivity index (χ1) is 14.3. The summed E-state index contributed by atoms with van der Waals surface area (Å²) < 4.78 is 28.0. The second-order valence-corrected chi connectivity index (χ2v) is 7.14. The summed E-state index contributed by atoms with van der Waals surface area (Å²) in [7, 11) is 0. The Balaban J connectivity index is 1.84. The summed E-state index contributed by atoms with van der Waals surface area (Å²) >= 11 is 0. The van der Waals surface area contributed by atoms with Crippen LogP contribution in [0.1, 0.15) is 42.4 Å². The third-order valence-electron chi connectivity index (χ3n) is 5.20. The molecule has 6 N–H and O–H groups in total. The van der Waals surface area contributed by atoms with Crippen molar-refractivity contribution < 1.29 is 13.6 Å². The first-order valence-corrected chi connectivity index (χ1v) is 9.65. The van der Waals surface area contributed by atoms with Crippen LogP contribution in [0.4, 0.5) is 8.78 Å². The molecule has 0 saturated heterocycles. The number of halogens is 2. The molecule has 8 nitrogen and oxygen atoms in total. The van der Waals surface area contributed by atoms with Crippen molar-refractivity contribution in [2.24, 2.45) is 17.4 Å². The van der Waals surface area contributed by atoms with E-state index in [4.69, 9.17) is 11.5 Å². The van der Waals surface area contributed by atoms with Gasteiger partial charge < -0.3 is 16.4 Å². The maximum Gasteiger partial charge on any atom is 0.341 e. The molecule has 2 aromatic rings. The number of carbonyl (C=O) groups is 1. The summed E-state index contributed by atoms with van der Waals surface area (Å²) in [4.78, 5) is 27.7. The van der Waals surface area contributed by atoms with Crippen LogP contribution in [0, 0.1) is 17.6 Å². The fourth-order valence-corrected chi connectivity index (χ4v) is 3.62. The number of amides is 1. The number of nitrogens with one attached hydrogen (secondary N) is 2. The van der Waals surface area contributed by atoms with Crippen molar-refractivity contribution in [1.82, 2.24) is 20.1 Å². The Kier molecular flexibility index (Phi) is 6.34. The van der Waals surface area contributed by atoms with Gasteiger partial charge in [0.25, 0.3) is 5.91 Å². The number of benzene rings is 1. The molecule has 1 atom stereocenters. The quantitative estimate of drug-likeness (QED) is 0.568. The van der Waals surface area contributed by atoms with E-state index < -0.39 is 23.2 Å². The highest BCUT2D eigenvalue weighted by Crippen LogP contribution is 2.30. The fourth-order valence-electron chi connectivity index (χ4n) is 3.62. The Morgan fingerprint density at radius 3 is 2.67 bits per heavy atom. The van der Waals surface area contributed by atoms with Crippen molar-refractivity contribution in [1.29, 1.82) is 0 Å². The maximum absolute atomic E-state index is 14.0. The average molecular weight is 418 g/mol. The molecule has 3 rings (SSSR count). The Bertz CT molecular complexity index is 1040. The molecule has 1 heterocycles. The van der Waals surface area contributed by atoms with Crippen LogP contribution in [-0.4, -0.2) is 39.1 Å². The highest BCUT2D eigenvalue weighted by Gasteiger charge is 2.26. The van der Waals surface area contributed by atoms with E-state index in [2.05, 4.69) is 15.2 Å². The lowest BCUT2D eigenvalue weighted by molar-refractivity contribution is 0.0729. The molecule has 1 aromatic carbocycles. The number of aromatic nitrogens is 3. The molecule has 0 spiro atoms. The Labute approximate surface area is 171 Å². The van der Waals surface area contributed by atoms with Gasteiger partial charge in [-0.05, 0) is 50.0 Å². The standard InChI is InChI=1S/C20H24F2N6O2/c1-2-28(19(29)18-25-20(30)27-26-18)10-12-6-3-5-11(17(12)24)9-15(23)16-13(21)7-4-8-14(16)22/h4,7-9,12H,2-3,5-6,10,23-24H2,1H3,(H2,25,26,27,30)/b15-9-. The Morgan fingerprint density at radius 2 is 2.07 bits per heavy atom. The van der Waals surface area contributed by atoms with E-state index in [1.54, 1.807) is 0 Å². The Morgan fingerprint density at radius 1 is 1.37 bits per heavy atom. The topological polar surface area (TPSA) is 134 Å². The first-order valence-electron chi connectivity index (χ1n) is 9.65. The summed E-state index contributed by atoms with van der Waals surface area (Å²) in [6, 6.07) is 3.56. The number of nitrogens with two attached hydrogens (primary N) is 2. The molecule has 160 valence electrons. The van der Waals surface area contributed by atoms with E-state index >= 15 is 0 Å². The van der Waals surface area contributed by atoms with Gasteiger partial charge >= 0.3 is 5.69 Å². The van der Waals surface area contributed by atoms with Crippen molar-refractivity contribution >= 4 is 11.6 Å². The number of rotatable bonds is 6. The monoisotopic (exact) mass is 418 g/mol. The number of hydrogen-bond donors (Lipinski definition) is 4. The molecule has 1 amide bonds. The van der Waals surface area contributed by atoms with Crippen molar-refractivity contribution in [3.8, 4) is 0 Å². The van der Waals surface area contributed by atoms with Crippen LogP contribution in [-0.2, 0) is 0 Å². The van der Waals surface area contributed by atoms with E-state index in [0.717, 1.165) is 25.0 Å².